The van der Waals surface area contributed by atoms with E-state index in [9.17, 15) is 9.59 Å². The molecule has 1 aromatic rings. The number of hydrogen-bond donors (Lipinski definition) is 1. The van der Waals surface area contributed by atoms with Crippen molar-refractivity contribution >= 4 is 17.8 Å². The van der Waals surface area contributed by atoms with E-state index in [4.69, 9.17) is 5.11 Å². The van der Waals surface area contributed by atoms with E-state index in [2.05, 4.69) is 6.58 Å². The lowest BCUT2D eigenvalue weighted by molar-refractivity contribution is -0.131. The highest BCUT2D eigenvalue weighted by Gasteiger charge is 2.02. The molecule has 0 aromatic heterocycles. The van der Waals surface area contributed by atoms with Gasteiger partial charge in [-0.05, 0) is 23.8 Å². The van der Waals surface area contributed by atoms with Crippen LogP contribution in [0.5, 0.6) is 0 Å². The van der Waals surface area contributed by atoms with Crippen LogP contribution in [0.25, 0.3) is 6.08 Å². The smallest absolute Gasteiger partial charge is 0.328 e. The van der Waals surface area contributed by atoms with Crippen LogP contribution in [0.1, 0.15) is 5.56 Å². The minimum atomic E-state index is -1.10. The summed E-state index contributed by atoms with van der Waals surface area (Å²) in [6, 6.07) is 9.18. The van der Waals surface area contributed by atoms with Crippen LogP contribution >= 0.6 is 0 Å². The van der Waals surface area contributed by atoms with Crippen molar-refractivity contribution in [2.24, 2.45) is 0 Å². The second kappa shape index (κ2) is 6.23. The molecule has 0 spiro atoms. The van der Waals surface area contributed by atoms with Crippen molar-refractivity contribution in [3.8, 4) is 0 Å². The van der Waals surface area contributed by atoms with Crippen molar-refractivity contribution in [3.05, 3.63) is 66.3 Å². The van der Waals surface area contributed by atoms with Crippen LogP contribution < -0.4 is 0 Å². The maximum atomic E-state index is 11.5. The fourth-order valence-electron chi connectivity index (χ4n) is 1.21. The standard InChI is InChI=1S/C14H12O3/c1-2-13(15)12(8-9-14(16)17)10-11-6-4-3-5-7-11/h2-10H,1H2,(H,16,17). The third-order valence-corrected chi connectivity index (χ3v) is 2.00. The van der Waals surface area contributed by atoms with Gasteiger partial charge in [0.25, 0.3) is 0 Å². The Morgan fingerprint density at radius 1 is 1.12 bits per heavy atom. The van der Waals surface area contributed by atoms with Gasteiger partial charge in [-0.2, -0.15) is 0 Å². The molecule has 0 atom stereocenters. The first-order valence-corrected chi connectivity index (χ1v) is 4.98. The van der Waals surface area contributed by atoms with Crippen LogP contribution in [-0.2, 0) is 9.59 Å². The maximum absolute atomic E-state index is 11.5. The van der Waals surface area contributed by atoms with Gasteiger partial charge >= 0.3 is 5.97 Å². The largest absolute Gasteiger partial charge is 0.478 e. The average Bonchev–Trinajstić information content (AvgIpc) is 2.34. The predicted octanol–water partition coefficient (Wildman–Crippen LogP) is 2.47. The number of aliphatic carboxylic acids is 1. The molecule has 0 radical (unpaired) electrons. The van der Waals surface area contributed by atoms with Crippen molar-refractivity contribution in [1.82, 2.24) is 0 Å². The molecule has 3 nitrogen and oxygen atoms in total. The fourth-order valence-corrected chi connectivity index (χ4v) is 1.21. The molecule has 0 saturated carbocycles. The first-order valence-electron chi connectivity index (χ1n) is 4.98. The summed E-state index contributed by atoms with van der Waals surface area (Å²) >= 11 is 0. The summed E-state index contributed by atoms with van der Waals surface area (Å²) in [6.45, 7) is 3.38. The predicted molar refractivity (Wildman–Crippen MR) is 66.4 cm³/mol. The molecule has 0 amide bonds. The molecule has 0 aliphatic carbocycles. The van der Waals surface area contributed by atoms with Crippen LogP contribution in [0.2, 0.25) is 0 Å². The fraction of sp³-hybridized carbons (Fsp3) is 0. The SMILES string of the molecule is C=CC(=O)C(C=CC(=O)O)=Cc1ccccc1. The quantitative estimate of drug-likeness (QED) is 0.622. The number of carbonyl (C=O) groups excluding carboxylic acids is 1. The Kier molecular flexibility index (Phi) is 4.63. The zero-order valence-corrected chi connectivity index (χ0v) is 9.17. The Morgan fingerprint density at radius 3 is 2.29 bits per heavy atom. The van der Waals surface area contributed by atoms with Gasteiger partial charge in [-0.1, -0.05) is 36.9 Å². The lowest BCUT2D eigenvalue weighted by Gasteiger charge is -1.97. The van der Waals surface area contributed by atoms with E-state index in [1.54, 1.807) is 6.08 Å². The molecule has 0 saturated heterocycles. The van der Waals surface area contributed by atoms with Crippen LogP contribution in [0.3, 0.4) is 0 Å². The lowest BCUT2D eigenvalue weighted by atomic mass is 10.1. The second-order valence-corrected chi connectivity index (χ2v) is 3.25. The third kappa shape index (κ3) is 4.30. The van der Waals surface area contributed by atoms with Crippen molar-refractivity contribution in [2.45, 2.75) is 0 Å². The number of rotatable bonds is 5. The first kappa shape index (κ1) is 12.6. The number of carbonyl (C=O) groups is 2. The Bertz CT molecular complexity index is 481. The normalized spacial score (nSPS) is 11.4. The third-order valence-electron chi connectivity index (χ3n) is 2.00. The van der Waals surface area contributed by atoms with E-state index in [-0.39, 0.29) is 11.4 Å². The number of carboxylic acid groups (broad SMARTS) is 1. The minimum Gasteiger partial charge on any atom is -0.478 e. The van der Waals surface area contributed by atoms with E-state index in [0.717, 1.165) is 17.7 Å². The molecule has 17 heavy (non-hydrogen) atoms. The van der Waals surface area contributed by atoms with Crippen molar-refractivity contribution < 1.29 is 14.7 Å². The molecule has 86 valence electrons. The number of ketones is 1. The van der Waals surface area contributed by atoms with Gasteiger partial charge in [-0.15, -0.1) is 0 Å². The number of benzene rings is 1. The first-order chi connectivity index (χ1) is 8.13. The molecular weight excluding hydrogens is 216 g/mol. The molecule has 3 heteroatoms. The zero-order valence-electron chi connectivity index (χ0n) is 9.17. The van der Waals surface area contributed by atoms with Crippen molar-refractivity contribution in [1.29, 1.82) is 0 Å². The molecule has 0 aliphatic rings. The van der Waals surface area contributed by atoms with Crippen LogP contribution in [0.15, 0.2) is 60.7 Å². The maximum Gasteiger partial charge on any atom is 0.328 e. The number of carboxylic acids is 1. The highest BCUT2D eigenvalue weighted by molar-refractivity contribution is 6.09. The molecule has 0 fully saturated rings. The number of hydrogen-bond acceptors (Lipinski definition) is 2. The van der Waals surface area contributed by atoms with Gasteiger partial charge in [0.1, 0.15) is 0 Å². The summed E-state index contributed by atoms with van der Waals surface area (Å²) in [5.41, 5.74) is 1.11. The Balaban J connectivity index is 3.06. The molecule has 0 heterocycles. The Morgan fingerprint density at radius 2 is 1.76 bits per heavy atom. The summed E-state index contributed by atoms with van der Waals surface area (Å²) in [5, 5.41) is 8.53. The highest BCUT2D eigenvalue weighted by Crippen LogP contribution is 2.09. The summed E-state index contributed by atoms with van der Waals surface area (Å²) in [4.78, 5) is 21.9. The van der Waals surface area contributed by atoms with Gasteiger partial charge in [0.05, 0.1) is 0 Å². The monoisotopic (exact) mass is 228 g/mol. The molecule has 0 bridgehead atoms. The van der Waals surface area contributed by atoms with Gasteiger partial charge in [-0.3, -0.25) is 4.79 Å². The van der Waals surface area contributed by atoms with Gasteiger partial charge < -0.3 is 5.11 Å². The Labute approximate surface area is 99.4 Å². The lowest BCUT2D eigenvalue weighted by Crippen LogP contribution is -1.96. The topological polar surface area (TPSA) is 54.4 Å². The zero-order chi connectivity index (χ0) is 12.7. The van der Waals surface area contributed by atoms with E-state index in [1.807, 2.05) is 30.3 Å². The summed E-state index contributed by atoms with van der Waals surface area (Å²) in [5.74, 6) is -1.41. The summed E-state index contributed by atoms with van der Waals surface area (Å²) < 4.78 is 0. The Hall–Kier alpha value is -2.42. The number of allylic oxidation sites excluding steroid dienone is 3. The minimum absolute atomic E-state index is 0.286. The van der Waals surface area contributed by atoms with E-state index in [1.165, 1.54) is 6.08 Å². The van der Waals surface area contributed by atoms with Crippen LogP contribution in [-0.4, -0.2) is 16.9 Å². The molecule has 1 rings (SSSR count). The molecule has 0 unspecified atom stereocenters. The molecular formula is C14H12O3. The highest BCUT2D eigenvalue weighted by atomic mass is 16.4. The van der Waals surface area contributed by atoms with E-state index < -0.39 is 5.97 Å². The summed E-state index contributed by atoms with van der Waals surface area (Å²) in [7, 11) is 0. The molecule has 0 aliphatic heterocycles. The van der Waals surface area contributed by atoms with Crippen LogP contribution in [0, 0.1) is 0 Å². The van der Waals surface area contributed by atoms with Crippen LogP contribution in [0.4, 0.5) is 0 Å². The van der Waals surface area contributed by atoms with Crippen molar-refractivity contribution in [2.75, 3.05) is 0 Å². The molecule has 1 aromatic carbocycles. The molecule has 1 N–H and O–H groups in total. The second-order valence-electron chi connectivity index (χ2n) is 3.25. The van der Waals surface area contributed by atoms with Gasteiger partial charge in [0.2, 0.25) is 0 Å². The van der Waals surface area contributed by atoms with E-state index >= 15 is 0 Å². The van der Waals surface area contributed by atoms with Gasteiger partial charge in [-0.25, -0.2) is 4.79 Å². The van der Waals surface area contributed by atoms with Gasteiger partial charge in [0, 0.05) is 11.6 Å². The summed E-state index contributed by atoms with van der Waals surface area (Å²) in [6.07, 6.45) is 4.96. The average molecular weight is 228 g/mol. The van der Waals surface area contributed by atoms with E-state index in [0.29, 0.717) is 0 Å². The van der Waals surface area contributed by atoms with Gasteiger partial charge in [0.15, 0.2) is 5.78 Å². The van der Waals surface area contributed by atoms with Crippen molar-refractivity contribution in [3.63, 3.8) is 0 Å².